The fraction of sp³-hybridized carbons (Fsp3) is 0.591. The van der Waals surface area contributed by atoms with Gasteiger partial charge in [0.25, 0.3) is 0 Å². The van der Waals surface area contributed by atoms with E-state index in [4.69, 9.17) is 14.5 Å². The summed E-state index contributed by atoms with van der Waals surface area (Å²) in [4.78, 5) is 7.19. The van der Waals surface area contributed by atoms with Crippen molar-refractivity contribution in [2.75, 3.05) is 46.9 Å². The maximum absolute atomic E-state index is 5.46. The first-order valence-electron chi connectivity index (χ1n) is 11.0. The van der Waals surface area contributed by atoms with Gasteiger partial charge in [-0.15, -0.1) is 10.2 Å². The monoisotopic (exact) mass is 429 g/mol. The van der Waals surface area contributed by atoms with E-state index in [0.717, 1.165) is 81.9 Å². The zero-order chi connectivity index (χ0) is 22.1. The third-order valence-electron chi connectivity index (χ3n) is 5.48. The van der Waals surface area contributed by atoms with Gasteiger partial charge >= 0.3 is 0 Å². The van der Waals surface area contributed by atoms with E-state index in [1.54, 1.807) is 20.5 Å². The van der Waals surface area contributed by atoms with E-state index >= 15 is 0 Å². The average molecular weight is 430 g/mol. The van der Waals surface area contributed by atoms with Crippen LogP contribution in [0.25, 0.3) is 0 Å². The summed E-state index contributed by atoms with van der Waals surface area (Å²) in [5, 5.41) is 14.8. The molecule has 0 amide bonds. The van der Waals surface area contributed by atoms with Crippen LogP contribution in [-0.2, 0) is 25.9 Å². The molecule has 0 radical (unpaired) electrons. The topological polar surface area (TPSA) is 88.8 Å². The predicted octanol–water partition coefficient (Wildman–Crippen LogP) is 1.47. The molecule has 0 saturated heterocycles. The van der Waals surface area contributed by atoms with E-state index < -0.39 is 0 Å². The Balaban J connectivity index is 1.50. The minimum Gasteiger partial charge on any atom is -0.493 e. The molecule has 3 rings (SSSR count). The molecule has 1 aliphatic heterocycles. The van der Waals surface area contributed by atoms with Crippen LogP contribution in [0.1, 0.15) is 30.8 Å². The van der Waals surface area contributed by atoms with Crippen molar-refractivity contribution < 1.29 is 9.47 Å². The molecule has 2 N–H and O–H groups in total. The fourth-order valence-electron chi connectivity index (χ4n) is 3.81. The highest BCUT2D eigenvalue weighted by atomic mass is 16.5. The van der Waals surface area contributed by atoms with Crippen LogP contribution in [0.15, 0.2) is 23.5 Å². The van der Waals surface area contributed by atoms with Crippen LogP contribution >= 0.6 is 0 Å². The van der Waals surface area contributed by atoms with E-state index in [2.05, 4.69) is 56.3 Å². The number of nitrogens with one attached hydrogen (secondary N) is 2. The molecule has 0 aliphatic carbocycles. The zero-order valence-electron chi connectivity index (χ0n) is 19.1. The molecule has 1 aromatic carbocycles. The Morgan fingerprint density at radius 1 is 1.10 bits per heavy atom. The smallest absolute Gasteiger partial charge is 0.191 e. The lowest BCUT2D eigenvalue weighted by molar-refractivity contribution is 0.260. The first-order chi connectivity index (χ1) is 15.2. The number of guanidine groups is 1. The van der Waals surface area contributed by atoms with Crippen LogP contribution in [0.5, 0.6) is 11.5 Å². The SMILES string of the molecule is CCNC(=NCCN1CCc2cc(OC)c(OC)cc2C1)NCCn1cnnc1CC. The third kappa shape index (κ3) is 6.10. The molecule has 0 unspecified atom stereocenters. The molecule has 170 valence electrons. The van der Waals surface area contributed by atoms with Crippen molar-refractivity contribution in [2.24, 2.45) is 4.99 Å². The second-order valence-corrected chi connectivity index (χ2v) is 7.48. The molecule has 31 heavy (non-hydrogen) atoms. The van der Waals surface area contributed by atoms with Gasteiger partial charge in [-0.2, -0.15) is 0 Å². The minimum absolute atomic E-state index is 0.741. The van der Waals surface area contributed by atoms with Crippen LogP contribution in [-0.4, -0.2) is 72.6 Å². The maximum Gasteiger partial charge on any atom is 0.191 e. The second-order valence-electron chi connectivity index (χ2n) is 7.48. The van der Waals surface area contributed by atoms with Gasteiger partial charge < -0.3 is 24.7 Å². The quantitative estimate of drug-likeness (QED) is 0.437. The van der Waals surface area contributed by atoms with Crippen molar-refractivity contribution in [3.8, 4) is 11.5 Å². The van der Waals surface area contributed by atoms with Gasteiger partial charge in [0.05, 0.1) is 20.8 Å². The van der Waals surface area contributed by atoms with Gasteiger partial charge in [-0.05, 0) is 36.6 Å². The van der Waals surface area contributed by atoms with Crippen molar-refractivity contribution in [1.82, 2.24) is 30.3 Å². The van der Waals surface area contributed by atoms with Crippen LogP contribution < -0.4 is 20.1 Å². The number of nitrogens with zero attached hydrogens (tertiary/aromatic N) is 5. The number of hydrogen-bond donors (Lipinski definition) is 2. The van der Waals surface area contributed by atoms with Gasteiger partial charge in [-0.3, -0.25) is 9.89 Å². The number of aromatic nitrogens is 3. The molecule has 9 nitrogen and oxygen atoms in total. The fourth-order valence-corrected chi connectivity index (χ4v) is 3.81. The highest BCUT2D eigenvalue weighted by molar-refractivity contribution is 5.79. The van der Waals surface area contributed by atoms with Gasteiger partial charge in [0, 0.05) is 45.7 Å². The summed E-state index contributed by atoms with van der Waals surface area (Å²) < 4.78 is 13.0. The van der Waals surface area contributed by atoms with Gasteiger partial charge in [0.15, 0.2) is 17.5 Å². The first-order valence-corrected chi connectivity index (χ1v) is 11.0. The second kappa shape index (κ2) is 11.5. The summed E-state index contributed by atoms with van der Waals surface area (Å²) in [5.74, 6) is 3.44. The highest BCUT2D eigenvalue weighted by Crippen LogP contribution is 2.33. The standard InChI is InChI=1S/C22H35N7O2/c1-5-21-27-26-16-29(21)12-9-25-22(23-6-2)24-8-11-28-10-7-17-13-19(30-3)20(31-4)14-18(17)15-28/h13-14,16H,5-12,15H2,1-4H3,(H2,23,24,25). The van der Waals surface area contributed by atoms with E-state index in [9.17, 15) is 0 Å². The van der Waals surface area contributed by atoms with Crippen molar-refractivity contribution in [3.05, 3.63) is 35.4 Å². The molecular weight excluding hydrogens is 394 g/mol. The minimum atomic E-state index is 0.741. The molecule has 0 bridgehead atoms. The van der Waals surface area contributed by atoms with Crippen molar-refractivity contribution >= 4 is 5.96 Å². The summed E-state index contributed by atoms with van der Waals surface area (Å²) in [7, 11) is 3.36. The molecule has 0 atom stereocenters. The summed E-state index contributed by atoms with van der Waals surface area (Å²) in [6.45, 7) is 10.2. The van der Waals surface area contributed by atoms with Crippen molar-refractivity contribution in [3.63, 3.8) is 0 Å². The van der Waals surface area contributed by atoms with Gasteiger partial charge in [-0.25, -0.2) is 0 Å². The van der Waals surface area contributed by atoms with Crippen LogP contribution in [0.2, 0.25) is 0 Å². The Morgan fingerprint density at radius 3 is 2.58 bits per heavy atom. The molecule has 0 spiro atoms. The molecule has 2 heterocycles. The van der Waals surface area contributed by atoms with Gasteiger partial charge in [0.2, 0.25) is 0 Å². The van der Waals surface area contributed by atoms with Crippen molar-refractivity contribution in [1.29, 1.82) is 0 Å². The van der Waals surface area contributed by atoms with Gasteiger partial charge in [0.1, 0.15) is 12.2 Å². The predicted molar refractivity (Wildman–Crippen MR) is 122 cm³/mol. The summed E-state index contributed by atoms with van der Waals surface area (Å²) in [6.07, 6.45) is 3.67. The molecule has 2 aromatic rings. The highest BCUT2D eigenvalue weighted by Gasteiger charge is 2.19. The summed E-state index contributed by atoms with van der Waals surface area (Å²) in [5.41, 5.74) is 2.64. The number of benzene rings is 1. The molecular formula is C22H35N7O2. The Hall–Kier alpha value is -2.81. The molecule has 1 aromatic heterocycles. The Morgan fingerprint density at radius 2 is 1.87 bits per heavy atom. The van der Waals surface area contributed by atoms with Crippen molar-refractivity contribution in [2.45, 2.75) is 39.8 Å². The van der Waals surface area contributed by atoms with Gasteiger partial charge in [-0.1, -0.05) is 6.92 Å². The first kappa shape index (κ1) is 22.9. The summed E-state index contributed by atoms with van der Waals surface area (Å²) in [6, 6.07) is 4.21. The lowest BCUT2D eigenvalue weighted by atomic mass is 9.99. The van der Waals surface area contributed by atoms with E-state index in [-0.39, 0.29) is 0 Å². The number of aliphatic imine (C=N–C) groups is 1. The number of rotatable bonds is 10. The molecule has 9 heteroatoms. The molecule has 0 saturated carbocycles. The van der Waals surface area contributed by atoms with Crippen LogP contribution in [0.3, 0.4) is 0 Å². The lowest BCUT2D eigenvalue weighted by Gasteiger charge is -2.29. The summed E-state index contributed by atoms with van der Waals surface area (Å²) >= 11 is 0. The van der Waals surface area contributed by atoms with E-state index in [0.29, 0.717) is 0 Å². The average Bonchev–Trinajstić information content (AvgIpc) is 3.25. The number of fused-ring (bicyclic) bond motifs is 1. The van der Waals surface area contributed by atoms with Crippen LogP contribution in [0, 0.1) is 0 Å². The molecule has 1 aliphatic rings. The molecule has 0 fully saturated rings. The van der Waals surface area contributed by atoms with Crippen LogP contribution in [0.4, 0.5) is 0 Å². The lowest BCUT2D eigenvalue weighted by Crippen LogP contribution is -2.40. The zero-order valence-corrected chi connectivity index (χ0v) is 19.1. The Labute approximate surface area is 184 Å². The Bertz CT molecular complexity index is 866. The third-order valence-corrected chi connectivity index (χ3v) is 5.48. The van der Waals surface area contributed by atoms with E-state index in [1.165, 1.54) is 11.1 Å². The number of ether oxygens (including phenoxy) is 2. The largest absolute Gasteiger partial charge is 0.493 e. The van der Waals surface area contributed by atoms with E-state index in [1.807, 2.05) is 0 Å². The Kier molecular flexibility index (Phi) is 8.52. The number of aryl methyl sites for hydroxylation is 1. The number of hydrogen-bond acceptors (Lipinski definition) is 6. The maximum atomic E-state index is 5.46. The normalized spacial score (nSPS) is 14.3. The number of methoxy groups -OCH3 is 2.